The first-order chi connectivity index (χ1) is 7.59. The zero-order valence-corrected chi connectivity index (χ0v) is 10.3. The highest BCUT2D eigenvalue weighted by Gasteiger charge is 2.30. The lowest BCUT2D eigenvalue weighted by Crippen LogP contribution is -2.26. The van der Waals surface area contributed by atoms with E-state index < -0.39 is 5.60 Å². The standard InChI is InChI=1S/C13H18ClNO/c1-13(16,8-10-6-7-15-9-10)11-4-2-3-5-12(11)14/h2-5,10,15-16H,6-9H2,1H3. The Morgan fingerprint density at radius 1 is 1.50 bits per heavy atom. The van der Waals surface area contributed by atoms with Crippen LogP contribution in [0.2, 0.25) is 5.02 Å². The molecule has 2 nitrogen and oxygen atoms in total. The molecule has 1 aliphatic rings. The lowest BCUT2D eigenvalue weighted by Gasteiger charge is -2.27. The Morgan fingerprint density at radius 3 is 2.88 bits per heavy atom. The summed E-state index contributed by atoms with van der Waals surface area (Å²) in [5, 5.41) is 14.5. The minimum atomic E-state index is -0.824. The molecule has 0 bridgehead atoms. The van der Waals surface area contributed by atoms with Crippen LogP contribution in [0.3, 0.4) is 0 Å². The van der Waals surface area contributed by atoms with Crippen LogP contribution >= 0.6 is 11.6 Å². The van der Waals surface area contributed by atoms with E-state index in [0.717, 1.165) is 31.5 Å². The Kier molecular flexibility index (Phi) is 3.53. The van der Waals surface area contributed by atoms with Crippen molar-refractivity contribution in [2.45, 2.75) is 25.4 Å². The van der Waals surface area contributed by atoms with Crippen LogP contribution in [0.5, 0.6) is 0 Å². The van der Waals surface area contributed by atoms with Gasteiger partial charge in [0.2, 0.25) is 0 Å². The minimum absolute atomic E-state index is 0.547. The molecule has 2 rings (SSSR count). The third kappa shape index (κ3) is 2.57. The molecule has 0 amide bonds. The molecule has 1 heterocycles. The van der Waals surface area contributed by atoms with Gasteiger partial charge < -0.3 is 10.4 Å². The van der Waals surface area contributed by atoms with Gasteiger partial charge in [0.15, 0.2) is 0 Å². The Bertz CT molecular complexity index is 359. The molecule has 1 aliphatic heterocycles. The molecule has 1 aromatic carbocycles. The predicted molar refractivity (Wildman–Crippen MR) is 66.6 cm³/mol. The summed E-state index contributed by atoms with van der Waals surface area (Å²) >= 11 is 6.12. The first-order valence-corrected chi connectivity index (χ1v) is 6.15. The van der Waals surface area contributed by atoms with Crippen LogP contribution in [0.25, 0.3) is 0 Å². The summed E-state index contributed by atoms with van der Waals surface area (Å²) in [5.41, 5.74) is 0.0123. The second-order valence-electron chi connectivity index (χ2n) is 4.82. The fraction of sp³-hybridized carbons (Fsp3) is 0.538. The molecule has 2 atom stereocenters. The van der Waals surface area contributed by atoms with Crippen molar-refractivity contribution in [3.05, 3.63) is 34.9 Å². The number of hydrogen-bond acceptors (Lipinski definition) is 2. The Labute approximate surface area is 102 Å². The van der Waals surface area contributed by atoms with Crippen molar-refractivity contribution >= 4 is 11.6 Å². The number of benzene rings is 1. The maximum Gasteiger partial charge on any atom is 0.0886 e. The normalized spacial score (nSPS) is 24.3. The van der Waals surface area contributed by atoms with Gasteiger partial charge in [-0.25, -0.2) is 0 Å². The van der Waals surface area contributed by atoms with Crippen molar-refractivity contribution in [3.63, 3.8) is 0 Å². The molecule has 0 aromatic heterocycles. The molecule has 1 fully saturated rings. The largest absolute Gasteiger partial charge is 0.385 e. The highest BCUT2D eigenvalue weighted by atomic mass is 35.5. The molecule has 88 valence electrons. The predicted octanol–water partition coefficient (Wildman–Crippen LogP) is 2.55. The Morgan fingerprint density at radius 2 is 2.25 bits per heavy atom. The van der Waals surface area contributed by atoms with Crippen LogP contribution in [-0.2, 0) is 5.60 Å². The quantitative estimate of drug-likeness (QED) is 0.850. The highest BCUT2D eigenvalue weighted by Crippen LogP contribution is 2.34. The van der Waals surface area contributed by atoms with Crippen molar-refractivity contribution in [2.75, 3.05) is 13.1 Å². The molecule has 16 heavy (non-hydrogen) atoms. The summed E-state index contributed by atoms with van der Waals surface area (Å²) in [7, 11) is 0. The van der Waals surface area contributed by atoms with Gasteiger partial charge in [0, 0.05) is 10.6 Å². The second-order valence-corrected chi connectivity index (χ2v) is 5.22. The summed E-state index contributed by atoms with van der Waals surface area (Å²) in [5.74, 6) is 0.547. The van der Waals surface area contributed by atoms with Gasteiger partial charge in [-0.2, -0.15) is 0 Å². The maximum absolute atomic E-state index is 10.5. The van der Waals surface area contributed by atoms with Crippen molar-refractivity contribution in [1.29, 1.82) is 0 Å². The number of nitrogens with one attached hydrogen (secondary N) is 1. The van der Waals surface area contributed by atoms with Gasteiger partial charge in [0.05, 0.1) is 5.60 Å². The summed E-state index contributed by atoms with van der Waals surface area (Å²) in [6.45, 7) is 3.91. The average molecular weight is 240 g/mol. The van der Waals surface area contributed by atoms with E-state index in [0.29, 0.717) is 10.9 Å². The highest BCUT2D eigenvalue weighted by molar-refractivity contribution is 6.31. The van der Waals surface area contributed by atoms with Crippen molar-refractivity contribution in [1.82, 2.24) is 5.32 Å². The molecule has 0 radical (unpaired) electrons. The summed E-state index contributed by atoms with van der Waals surface area (Å²) in [6, 6.07) is 7.55. The lowest BCUT2D eigenvalue weighted by atomic mass is 9.85. The fourth-order valence-corrected chi connectivity index (χ4v) is 2.80. The van der Waals surface area contributed by atoms with E-state index in [1.807, 2.05) is 31.2 Å². The summed E-state index contributed by atoms with van der Waals surface area (Å²) in [6.07, 6.45) is 1.91. The molecule has 0 saturated carbocycles. The number of aliphatic hydroxyl groups is 1. The van der Waals surface area contributed by atoms with Gasteiger partial charge in [0.25, 0.3) is 0 Å². The second kappa shape index (κ2) is 4.74. The van der Waals surface area contributed by atoms with E-state index in [1.54, 1.807) is 0 Å². The third-order valence-electron chi connectivity index (χ3n) is 3.30. The maximum atomic E-state index is 10.5. The van der Waals surface area contributed by atoms with E-state index in [-0.39, 0.29) is 0 Å². The van der Waals surface area contributed by atoms with E-state index in [1.165, 1.54) is 0 Å². The molecule has 0 aliphatic carbocycles. The van der Waals surface area contributed by atoms with E-state index >= 15 is 0 Å². The molecule has 1 saturated heterocycles. The lowest BCUT2D eigenvalue weighted by molar-refractivity contribution is 0.0327. The third-order valence-corrected chi connectivity index (χ3v) is 3.63. The molecule has 1 aromatic rings. The van der Waals surface area contributed by atoms with Crippen molar-refractivity contribution in [2.24, 2.45) is 5.92 Å². The van der Waals surface area contributed by atoms with Crippen LogP contribution in [0, 0.1) is 5.92 Å². The van der Waals surface area contributed by atoms with Crippen LogP contribution in [0.1, 0.15) is 25.3 Å². The van der Waals surface area contributed by atoms with Crippen LogP contribution in [0.4, 0.5) is 0 Å². The first kappa shape index (κ1) is 11.9. The number of hydrogen-bond donors (Lipinski definition) is 2. The Hall–Kier alpha value is -0.570. The average Bonchev–Trinajstić information content (AvgIpc) is 2.70. The van der Waals surface area contributed by atoms with Gasteiger partial charge in [-0.3, -0.25) is 0 Å². The summed E-state index contributed by atoms with van der Waals surface area (Å²) in [4.78, 5) is 0. The van der Waals surface area contributed by atoms with Gasteiger partial charge >= 0.3 is 0 Å². The molecular formula is C13H18ClNO. The first-order valence-electron chi connectivity index (χ1n) is 5.78. The smallest absolute Gasteiger partial charge is 0.0886 e. The monoisotopic (exact) mass is 239 g/mol. The van der Waals surface area contributed by atoms with Crippen molar-refractivity contribution in [3.8, 4) is 0 Å². The van der Waals surface area contributed by atoms with E-state index in [4.69, 9.17) is 11.6 Å². The van der Waals surface area contributed by atoms with Crippen LogP contribution < -0.4 is 5.32 Å². The van der Waals surface area contributed by atoms with Gasteiger partial charge in [-0.1, -0.05) is 29.8 Å². The SMILES string of the molecule is CC(O)(CC1CCNC1)c1ccccc1Cl. The molecule has 2 N–H and O–H groups in total. The molecule has 0 spiro atoms. The summed E-state index contributed by atoms with van der Waals surface area (Å²) < 4.78 is 0. The Balaban J connectivity index is 2.14. The van der Waals surface area contributed by atoms with Gasteiger partial charge in [-0.15, -0.1) is 0 Å². The van der Waals surface area contributed by atoms with Crippen molar-refractivity contribution < 1.29 is 5.11 Å². The number of rotatable bonds is 3. The van der Waals surface area contributed by atoms with Crippen LogP contribution in [-0.4, -0.2) is 18.2 Å². The zero-order valence-electron chi connectivity index (χ0n) is 9.54. The van der Waals surface area contributed by atoms with Gasteiger partial charge in [-0.05, 0) is 44.8 Å². The van der Waals surface area contributed by atoms with Crippen LogP contribution in [0.15, 0.2) is 24.3 Å². The zero-order chi connectivity index (χ0) is 11.6. The van der Waals surface area contributed by atoms with Gasteiger partial charge in [0.1, 0.15) is 0 Å². The van der Waals surface area contributed by atoms with E-state index in [2.05, 4.69) is 5.32 Å². The molecular weight excluding hydrogens is 222 g/mol. The molecule has 3 heteroatoms. The minimum Gasteiger partial charge on any atom is -0.385 e. The number of halogens is 1. The topological polar surface area (TPSA) is 32.3 Å². The molecule has 2 unspecified atom stereocenters. The fourth-order valence-electron chi connectivity index (χ4n) is 2.46. The van der Waals surface area contributed by atoms with E-state index in [9.17, 15) is 5.11 Å².